The summed E-state index contributed by atoms with van der Waals surface area (Å²) in [6, 6.07) is 0.812. The van der Waals surface area contributed by atoms with Crippen LogP contribution in [0.15, 0.2) is 0 Å². The molecule has 0 aliphatic carbocycles. The third-order valence-electron chi connectivity index (χ3n) is 3.05. The number of thioether (sulfide) groups is 1. The zero-order valence-electron chi connectivity index (χ0n) is 8.84. The van der Waals surface area contributed by atoms with Crippen molar-refractivity contribution in [3.63, 3.8) is 0 Å². The van der Waals surface area contributed by atoms with Crippen molar-refractivity contribution >= 4 is 11.8 Å². The highest BCUT2D eigenvalue weighted by atomic mass is 32.2. The first-order valence-corrected chi connectivity index (χ1v) is 7.03. The van der Waals surface area contributed by atoms with Crippen LogP contribution in [-0.4, -0.2) is 36.8 Å². The third-order valence-corrected chi connectivity index (χ3v) is 4.32. The molecule has 2 rings (SSSR count). The Hall–Kier alpha value is 0.270. The van der Waals surface area contributed by atoms with E-state index < -0.39 is 0 Å². The average Bonchev–Trinajstić information content (AvgIpc) is 2.16. The number of hydrogen-bond acceptors (Lipinski definition) is 3. The van der Waals surface area contributed by atoms with Crippen LogP contribution in [0.5, 0.6) is 0 Å². The van der Waals surface area contributed by atoms with Gasteiger partial charge in [0.1, 0.15) is 0 Å². The van der Waals surface area contributed by atoms with E-state index in [9.17, 15) is 0 Å². The molecule has 0 amide bonds. The lowest BCUT2D eigenvalue weighted by molar-refractivity contribution is 0.0101. The molecule has 2 aliphatic rings. The average molecular weight is 215 g/mol. The molecule has 2 saturated heterocycles. The Morgan fingerprint density at radius 2 is 2.21 bits per heavy atom. The Labute approximate surface area is 91.2 Å². The highest BCUT2D eigenvalue weighted by molar-refractivity contribution is 8.00. The zero-order chi connectivity index (χ0) is 9.64. The second-order valence-corrected chi connectivity index (χ2v) is 5.39. The van der Waals surface area contributed by atoms with Crippen molar-refractivity contribution in [3.05, 3.63) is 0 Å². The lowest BCUT2D eigenvalue weighted by Gasteiger charge is -2.27. The summed E-state index contributed by atoms with van der Waals surface area (Å²) in [5.41, 5.74) is 0. The molecule has 14 heavy (non-hydrogen) atoms. The second-order valence-electron chi connectivity index (χ2n) is 4.32. The van der Waals surface area contributed by atoms with Crippen LogP contribution >= 0.6 is 11.8 Å². The van der Waals surface area contributed by atoms with Gasteiger partial charge in [-0.1, -0.05) is 0 Å². The Bertz CT molecular complexity index is 155. The molecular weight excluding hydrogens is 194 g/mol. The standard InChI is InChI=1S/C11H21NOS/c1-2-7-13-11(4-1)5-3-6-12-10-8-14-9-10/h10-12H,1-9H2. The maximum atomic E-state index is 5.69. The molecule has 0 saturated carbocycles. The molecule has 0 spiro atoms. The van der Waals surface area contributed by atoms with Crippen molar-refractivity contribution in [2.24, 2.45) is 0 Å². The highest BCUT2D eigenvalue weighted by Crippen LogP contribution is 2.18. The molecule has 0 bridgehead atoms. The molecular formula is C11H21NOS. The summed E-state index contributed by atoms with van der Waals surface area (Å²) in [4.78, 5) is 0. The van der Waals surface area contributed by atoms with Gasteiger partial charge in [-0.25, -0.2) is 0 Å². The zero-order valence-corrected chi connectivity index (χ0v) is 9.65. The number of rotatable bonds is 5. The lowest BCUT2D eigenvalue weighted by Crippen LogP contribution is -2.40. The van der Waals surface area contributed by atoms with E-state index in [1.54, 1.807) is 0 Å². The fourth-order valence-electron chi connectivity index (χ4n) is 2.02. The van der Waals surface area contributed by atoms with Gasteiger partial charge in [0.25, 0.3) is 0 Å². The Morgan fingerprint density at radius 3 is 2.86 bits per heavy atom. The Kier molecular flexibility index (Phi) is 4.61. The quantitative estimate of drug-likeness (QED) is 0.709. The molecule has 0 aromatic heterocycles. The van der Waals surface area contributed by atoms with Crippen molar-refractivity contribution in [1.29, 1.82) is 0 Å². The van der Waals surface area contributed by atoms with Gasteiger partial charge in [-0.05, 0) is 38.6 Å². The van der Waals surface area contributed by atoms with E-state index in [0.29, 0.717) is 6.10 Å². The van der Waals surface area contributed by atoms with E-state index in [4.69, 9.17) is 4.74 Å². The van der Waals surface area contributed by atoms with Crippen LogP contribution in [0.25, 0.3) is 0 Å². The van der Waals surface area contributed by atoms with E-state index in [2.05, 4.69) is 5.32 Å². The summed E-state index contributed by atoms with van der Waals surface area (Å²) in [6.45, 7) is 2.18. The van der Waals surface area contributed by atoms with Crippen LogP contribution in [0.1, 0.15) is 32.1 Å². The fraction of sp³-hybridized carbons (Fsp3) is 1.00. The maximum Gasteiger partial charge on any atom is 0.0575 e. The molecule has 82 valence electrons. The van der Waals surface area contributed by atoms with Gasteiger partial charge in [-0.15, -0.1) is 0 Å². The monoisotopic (exact) mass is 215 g/mol. The van der Waals surface area contributed by atoms with Crippen molar-refractivity contribution in [2.75, 3.05) is 24.7 Å². The Morgan fingerprint density at radius 1 is 1.29 bits per heavy atom. The van der Waals surface area contributed by atoms with Crippen LogP contribution in [0, 0.1) is 0 Å². The van der Waals surface area contributed by atoms with Gasteiger partial charge in [-0.3, -0.25) is 0 Å². The normalized spacial score (nSPS) is 28.7. The summed E-state index contributed by atoms with van der Waals surface area (Å²) < 4.78 is 5.69. The second kappa shape index (κ2) is 5.99. The smallest absolute Gasteiger partial charge is 0.0575 e. The van der Waals surface area contributed by atoms with Gasteiger partial charge in [0.2, 0.25) is 0 Å². The fourth-order valence-corrected chi connectivity index (χ4v) is 2.73. The van der Waals surface area contributed by atoms with Crippen LogP contribution < -0.4 is 5.32 Å². The van der Waals surface area contributed by atoms with Crippen LogP contribution in [0.4, 0.5) is 0 Å². The summed E-state index contributed by atoms with van der Waals surface area (Å²) in [7, 11) is 0. The Balaban J connectivity index is 1.45. The minimum atomic E-state index is 0.571. The summed E-state index contributed by atoms with van der Waals surface area (Å²) in [6.07, 6.45) is 7.05. The molecule has 2 fully saturated rings. The molecule has 0 aromatic rings. The first-order chi connectivity index (χ1) is 6.95. The van der Waals surface area contributed by atoms with E-state index >= 15 is 0 Å². The van der Waals surface area contributed by atoms with Crippen LogP contribution in [-0.2, 0) is 4.74 Å². The third kappa shape index (κ3) is 3.44. The SMILES string of the molecule is C1CCC(CCCNC2CSC2)OC1. The molecule has 2 nitrogen and oxygen atoms in total. The van der Waals surface area contributed by atoms with Gasteiger partial charge < -0.3 is 10.1 Å². The van der Waals surface area contributed by atoms with Crippen molar-refractivity contribution in [1.82, 2.24) is 5.32 Å². The number of nitrogens with one attached hydrogen (secondary N) is 1. The predicted octanol–water partition coefficient (Wildman–Crippen LogP) is 2.04. The van der Waals surface area contributed by atoms with Crippen molar-refractivity contribution in [2.45, 2.75) is 44.2 Å². The summed E-state index contributed by atoms with van der Waals surface area (Å²) >= 11 is 2.04. The number of hydrogen-bond donors (Lipinski definition) is 1. The molecule has 2 heterocycles. The molecule has 1 unspecified atom stereocenters. The highest BCUT2D eigenvalue weighted by Gasteiger charge is 2.17. The largest absolute Gasteiger partial charge is 0.378 e. The van der Waals surface area contributed by atoms with E-state index in [0.717, 1.165) is 12.6 Å². The van der Waals surface area contributed by atoms with Crippen molar-refractivity contribution < 1.29 is 4.74 Å². The maximum absolute atomic E-state index is 5.69. The molecule has 1 N–H and O–H groups in total. The molecule has 2 aliphatic heterocycles. The first kappa shape index (κ1) is 10.8. The molecule has 3 heteroatoms. The van der Waals surface area contributed by atoms with E-state index in [1.807, 2.05) is 11.8 Å². The molecule has 0 aromatic carbocycles. The summed E-state index contributed by atoms with van der Waals surface area (Å²) in [5.74, 6) is 2.64. The minimum Gasteiger partial charge on any atom is -0.378 e. The van der Waals surface area contributed by atoms with Gasteiger partial charge in [0.15, 0.2) is 0 Å². The lowest BCUT2D eigenvalue weighted by atomic mass is 10.0. The van der Waals surface area contributed by atoms with Gasteiger partial charge in [0, 0.05) is 24.2 Å². The topological polar surface area (TPSA) is 21.3 Å². The first-order valence-electron chi connectivity index (χ1n) is 5.88. The van der Waals surface area contributed by atoms with Crippen molar-refractivity contribution in [3.8, 4) is 0 Å². The van der Waals surface area contributed by atoms with Gasteiger partial charge in [-0.2, -0.15) is 11.8 Å². The molecule has 1 atom stereocenters. The van der Waals surface area contributed by atoms with Gasteiger partial charge >= 0.3 is 0 Å². The summed E-state index contributed by atoms with van der Waals surface area (Å²) in [5, 5.41) is 3.58. The minimum absolute atomic E-state index is 0.571. The van der Waals surface area contributed by atoms with E-state index in [1.165, 1.54) is 50.2 Å². The van der Waals surface area contributed by atoms with Crippen LogP contribution in [0.3, 0.4) is 0 Å². The van der Waals surface area contributed by atoms with Crippen LogP contribution in [0.2, 0.25) is 0 Å². The van der Waals surface area contributed by atoms with Gasteiger partial charge in [0.05, 0.1) is 6.10 Å². The predicted molar refractivity (Wildman–Crippen MR) is 61.9 cm³/mol. The number of ether oxygens (including phenoxy) is 1. The molecule has 0 radical (unpaired) electrons. The van der Waals surface area contributed by atoms with E-state index in [-0.39, 0.29) is 0 Å².